The number of hydrogen-bond donors (Lipinski definition) is 0. The van der Waals surface area contributed by atoms with Crippen molar-refractivity contribution >= 4 is 16.4 Å². The summed E-state index contributed by atoms with van der Waals surface area (Å²) in [5.74, 6) is 0. The van der Waals surface area contributed by atoms with Crippen molar-refractivity contribution in [1.82, 2.24) is 0 Å². The zero-order valence-corrected chi connectivity index (χ0v) is 12.2. The number of hydrogen-bond acceptors (Lipinski definition) is 1. The molecule has 0 aromatic heterocycles. The lowest BCUT2D eigenvalue weighted by Crippen LogP contribution is -2.04. The number of benzene rings is 2. The summed E-state index contributed by atoms with van der Waals surface area (Å²) in [4.78, 5) is 0.961. The molecular weight excluding hydrogens is 276 g/mol. The molecule has 1 nitrogen and oxygen atoms in total. The second-order valence-electron chi connectivity index (χ2n) is 5.17. The Labute approximate surface area is 126 Å². The SMILES string of the molecule is O=S1C2=CC=CC2=C(c2ccccc2)C1c1ccccc1. The molecule has 0 radical (unpaired) electrons. The van der Waals surface area contributed by atoms with Crippen LogP contribution in [0.2, 0.25) is 0 Å². The van der Waals surface area contributed by atoms with E-state index in [9.17, 15) is 4.21 Å². The Morgan fingerprint density at radius 3 is 2.24 bits per heavy atom. The molecule has 4 rings (SSSR count). The van der Waals surface area contributed by atoms with Gasteiger partial charge in [0.2, 0.25) is 0 Å². The molecule has 2 atom stereocenters. The molecule has 0 saturated carbocycles. The van der Waals surface area contributed by atoms with Crippen molar-refractivity contribution in [2.45, 2.75) is 5.25 Å². The van der Waals surface area contributed by atoms with Crippen LogP contribution >= 0.6 is 0 Å². The van der Waals surface area contributed by atoms with Gasteiger partial charge in [-0.15, -0.1) is 0 Å². The maximum Gasteiger partial charge on any atom is 0.0905 e. The first-order valence-corrected chi connectivity index (χ1v) is 8.21. The van der Waals surface area contributed by atoms with Crippen LogP contribution in [0.5, 0.6) is 0 Å². The van der Waals surface area contributed by atoms with E-state index in [4.69, 9.17) is 0 Å². The fourth-order valence-corrected chi connectivity index (χ4v) is 4.76. The van der Waals surface area contributed by atoms with Crippen molar-refractivity contribution in [2.75, 3.05) is 0 Å². The molecule has 0 fully saturated rings. The molecule has 0 amide bonds. The molecule has 0 bridgehead atoms. The van der Waals surface area contributed by atoms with E-state index in [0.29, 0.717) is 0 Å². The van der Waals surface area contributed by atoms with Gasteiger partial charge in [0.05, 0.1) is 16.0 Å². The zero-order valence-electron chi connectivity index (χ0n) is 11.4. The highest BCUT2D eigenvalue weighted by Crippen LogP contribution is 2.50. The van der Waals surface area contributed by atoms with Gasteiger partial charge in [0.1, 0.15) is 0 Å². The molecule has 2 aliphatic rings. The van der Waals surface area contributed by atoms with E-state index in [1.165, 1.54) is 5.57 Å². The first-order valence-electron chi connectivity index (χ1n) is 7.00. The average molecular weight is 290 g/mol. The van der Waals surface area contributed by atoms with Crippen molar-refractivity contribution < 1.29 is 4.21 Å². The molecule has 1 heterocycles. The Kier molecular flexibility index (Phi) is 2.97. The molecule has 21 heavy (non-hydrogen) atoms. The van der Waals surface area contributed by atoms with Crippen molar-refractivity contribution in [1.29, 1.82) is 0 Å². The minimum Gasteiger partial charge on any atom is -0.253 e. The fraction of sp³-hybridized carbons (Fsp3) is 0.0526. The lowest BCUT2D eigenvalue weighted by atomic mass is 9.94. The van der Waals surface area contributed by atoms with E-state index in [1.54, 1.807) is 0 Å². The quantitative estimate of drug-likeness (QED) is 0.801. The van der Waals surface area contributed by atoms with Crippen LogP contribution in [-0.2, 0) is 10.8 Å². The van der Waals surface area contributed by atoms with Crippen LogP contribution in [-0.4, -0.2) is 4.21 Å². The van der Waals surface area contributed by atoms with Crippen molar-refractivity contribution in [2.24, 2.45) is 0 Å². The first-order chi connectivity index (χ1) is 10.4. The summed E-state index contributed by atoms with van der Waals surface area (Å²) in [6.07, 6.45) is 6.06. The van der Waals surface area contributed by atoms with E-state index in [1.807, 2.05) is 48.6 Å². The average Bonchev–Trinajstić information content (AvgIpc) is 3.11. The van der Waals surface area contributed by atoms with Crippen LogP contribution < -0.4 is 0 Å². The van der Waals surface area contributed by atoms with Crippen molar-refractivity contribution in [3.05, 3.63) is 100 Å². The summed E-state index contributed by atoms with van der Waals surface area (Å²) in [6.45, 7) is 0. The van der Waals surface area contributed by atoms with Gasteiger partial charge in [-0.3, -0.25) is 4.21 Å². The van der Waals surface area contributed by atoms with Gasteiger partial charge < -0.3 is 0 Å². The van der Waals surface area contributed by atoms with Crippen LogP contribution in [0.25, 0.3) is 5.57 Å². The topological polar surface area (TPSA) is 17.1 Å². The van der Waals surface area contributed by atoms with E-state index < -0.39 is 10.8 Å². The third-order valence-corrected chi connectivity index (χ3v) is 5.67. The summed E-state index contributed by atoms with van der Waals surface area (Å²) >= 11 is 0. The highest BCUT2D eigenvalue weighted by Gasteiger charge is 2.37. The predicted octanol–water partition coefficient (Wildman–Crippen LogP) is 4.40. The Bertz CT molecular complexity index is 798. The molecule has 2 heteroatoms. The van der Waals surface area contributed by atoms with Gasteiger partial charge in [-0.05, 0) is 28.3 Å². The van der Waals surface area contributed by atoms with Crippen molar-refractivity contribution in [3.63, 3.8) is 0 Å². The van der Waals surface area contributed by atoms with Crippen molar-refractivity contribution in [3.8, 4) is 0 Å². The lowest BCUT2D eigenvalue weighted by Gasteiger charge is -2.15. The Balaban J connectivity index is 1.94. The number of rotatable bonds is 2. The van der Waals surface area contributed by atoms with E-state index in [-0.39, 0.29) is 5.25 Å². The second-order valence-corrected chi connectivity index (χ2v) is 6.68. The molecule has 1 aliphatic carbocycles. The molecule has 2 aromatic carbocycles. The van der Waals surface area contributed by atoms with Gasteiger partial charge in [-0.1, -0.05) is 72.8 Å². The maximum atomic E-state index is 12.9. The van der Waals surface area contributed by atoms with Gasteiger partial charge in [0.15, 0.2) is 0 Å². The maximum absolute atomic E-state index is 12.9. The summed E-state index contributed by atoms with van der Waals surface area (Å²) < 4.78 is 12.9. The Hall–Kier alpha value is -2.19. The highest BCUT2D eigenvalue weighted by molar-refractivity contribution is 7.90. The zero-order chi connectivity index (χ0) is 14.2. The third kappa shape index (κ3) is 1.95. The van der Waals surface area contributed by atoms with Crippen LogP contribution in [0, 0.1) is 0 Å². The Morgan fingerprint density at radius 2 is 1.52 bits per heavy atom. The highest BCUT2D eigenvalue weighted by atomic mass is 32.2. The summed E-state index contributed by atoms with van der Waals surface area (Å²) in [5.41, 5.74) is 4.59. The lowest BCUT2D eigenvalue weighted by molar-refractivity contribution is 0.685. The monoisotopic (exact) mass is 290 g/mol. The minimum absolute atomic E-state index is 0.0696. The molecule has 0 spiro atoms. The molecular formula is C19H14OS. The molecule has 1 aliphatic heterocycles. The van der Waals surface area contributed by atoms with Crippen LogP contribution in [0.4, 0.5) is 0 Å². The van der Waals surface area contributed by atoms with Crippen LogP contribution in [0.3, 0.4) is 0 Å². The van der Waals surface area contributed by atoms with Gasteiger partial charge in [0.25, 0.3) is 0 Å². The molecule has 0 N–H and O–H groups in total. The van der Waals surface area contributed by atoms with E-state index in [2.05, 4.69) is 30.3 Å². The molecule has 0 saturated heterocycles. The normalized spacial score (nSPS) is 23.3. The van der Waals surface area contributed by atoms with E-state index in [0.717, 1.165) is 21.6 Å². The van der Waals surface area contributed by atoms with Gasteiger partial charge >= 0.3 is 0 Å². The summed E-state index contributed by atoms with van der Waals surface area (Å²) in [5, 5.41) is -0.0696. The predicted molar refractivity (Wildman–Crippen MR) is 87.9 cm³/mol. The number of fused-ring (bicyclic) bond motifs is 1. The van der Waals surface area contributed by atoms with Gasteiger partial charge in [-0.2, -0.15) is 0 Å². The van der Waals surface area contributed by atoms with Crippen LogP contribution in [0.15, 0.2) is 89.4 Å². The second kappa shape index (κ2) is 4.97. The fourth-order valence-electron chi connectivity index (χ4n) is 3.02. The molecule has 2 unspecified atom stereocenters. The summed E-state index contributed by atoms with van der Waals surface area (Å²) in [7, 11) is -1.02. The first kappa shape index (κ1) is 12.5. The molecule has 102 valence electrons. The van der Waals surface area contributed by atoms with Crippen LogP contribution in [0.1, 0.15) is 16.4 Å². The standard InChI is InChI=1S/C19H14OS/c20-21-17-13-7-12-16(17)18(14-8-3-1-4-9-14)19(21)15-10-5-2-6-11-15/h1-13,19H. The third-order valence-electron chi connectivity index (χ3n) is 3.95. The van der Waals surface area contributed by atoms with E-state index >= 15 is 0 Å². The Morgan fingerprint density at radius 1 is 0.857 bits per heavy atom. The minimum atomic E-state index is -1.02. The number of allylic oxidation sites excluding steroid dienone is 4. The largest absolute Gasteiger partial charge is 0.253 e. The summed E-state index contributed by atoms with van der Waals surface area (Å²) in [6, 6.07) is 20.4. The van der Waals surface area contributed by atoms with Gasteiger partial charge in [0, 0.05) is 4.91 Å². The smallest absolute Gasteiger partial charge is 0.0905 e. The molecule has 2 aromatic rings. The van der Waals surface area contributed by atoms with Gasteiger partial charge in [-0.25, -0.2) is 0 Å².